The molecule has 50 heavy (non-hydrogen) atoms. The molecular formula is C48H64S2. The molecular weight excluding hydrogens is 641 g/mol. The highest BCUT2D eigenvalue weighted by Crippen LogP contribution is 2.46. The Labute approximate surface area is 312 Å². The number of unbranched alkanes of at least 4 members (excludes halogenated alkanes) is 16. The molecule has 0 amide bonds. The van der Waals surface area contributed by atoms with Gasteiger partial charge in [0.2, 0.25) is 0 Å². The van der Waals surface area contributed by atoms with Crippen molar-refractivity contribution in [1.82, 2.24) is 0 Å². The molecule has 2 heteroatoms. The van der Waals surface area contributed by atoms with E-state index in [4.69, 9.17) is 0 Å². The van der Waals surface area contributed by atoms with Crippen LogP contribution in [-0.4, -0.2) is 0 Å². The SMILES string of the molecule is CCCCCCCCCCCC(C)c1ccc2cc3c(cc2c1)sc1c2cc4ccc(C(C)CCCCCCCCCCC)cc4cc2sc31. The van der Waals surface area contributed by atoms with E-state index in [9.17, 15) is 0 Å². The zero-order chi connectivity index (χ0) is 34.7. The van der Waals surface area contributed by atoms with Gasteiger partial charge in [-0.05, 0) is 81.6 Å². The number of benzene rings is 4. The Balaban J connectivity index is 1.08. The van der Waals surface area contributed by atoms with Gasteiger partial charge in [0, 0.05) is 20.2 Å². The maximum absolute atomic E-state index is 2.49. The van der Waals surface area contributed by atoms with E-state index in [1.54, 1.807) is 0 Å². The van der Waals surface area contributed by atoms with Crippen molar-refractivity contribution in [2.45, 2.75) is 168 Å². The molecule has 0 N–H and O–H groups in total. The van der Waals surface area contributed by atoms with Crippen LogP contribution in [0.5, 0.6) is 0 Å². The molecule has 2 atom stereocenters. The van der Waals surface area contributed by atoms with Gasteiger partial charge < -0.3 is 0 Å². The van der Waals surface area contributed by atoms with Gasteiger partial charge in [-0.2, -0.15) is 0 Å². The topological polar surface area (TPSA) is 0 Å². The van der Waals surface area contributed by atoms with Crippen LogP contribution in [0.3, 0.4) is 0 Å². The maximum Gasteiger partial charge on any atom is 0.0542 e. The van der Waals surface area contributed by atoms with Gasteiger partial charge in [-0.1, -0.05) is 180 Å². The number of thiophene rings is 2. The second-order valence-corrected chi connectivity index (χ2v) is 17.9. The summed E-state index contributed by atoms with van der Waals surface area (Å²) in [5.41, 5.74) is 3.02. The molecule has 268 valence electrons. The number of hydrogen-bond donors (Lipinski definition) is 0. The molecule has 2 aromatic heterocycles. The van der Waals surface area contributed by atoms with E-state index in [1.165, 1.54) is 191 Å². The Bertz CT molecular complexity index is 1800. The van der Waals surface area contributed by atoms with Crippen LogP contribution in [0.25, 0.3) is 51.1 Å². The molecule has 0 bridgehead atoms. The molecule has 0 aliphatic carbocycles. The van der Waals surface area contributed by atoms with Gasteiger partial charge in [-0.15, -0.1) is 22.7 Å². The monoisotopic (exact) mass is 704 g/mol. The Hall–Kier alpha value is -2.42. The third-order valence-electron chi connectivity index (χ3n) is 11.7. The Morgan fingerprint density at radius 1 is 0.400 bits per heavy atom. The number of hydrogen-bond acceptors (Lipinski definition) is 2. The highest BCUT2D eigenvalue weighted by Gasteiger charge is 2.16. The summed E-state index contributed by atoms with van der Waals surface area (Å²) >= 11 is 4.00. The van der Waals surface area contributed by atoms with Crippen molar-refractivity contribution in [3.8, 4) is 0 Å². The minimum Gasteiger partial charge on any atom is -0.134 e. The Morgan fingerprint density at radius 3 is 1.14 bits per heavy atom. The summed E-state index contributed by atoms with van der Waals surface area (Å²) in [7, 11) is 0. The van der Waals surface area contributed by atoms with Crippen molar-refractivity contribution in [3.63, 3.8) is 0 Å². The molecule has 6 rings (SSSR count). The molecule has 0 saturated heterocycles. The van der Waals surface area contributed by atoms with Crippen LogP contribution >= 0.6 is 22.7 Å². The molecule has 0 radical (unpaired) electrons. The molecule has 2 heterocycles. The predicted molar refractivity (Wildman–Crippen MR) is 230 cm³/mol. The molecule has 6 aromatic rings. The first-order valence-electron chi connectivity index (χ1n) is 20.8. The summed E-state index contributed by atoms with van der Waals surface area (Å²) < 4.78 is 5.81. The van der Waals surface area contributed by atoms with Gasteiger partial charge in [0.05, 0.1) is 9.40 Å². The Kier molecular flexibility index (Phi) is 14.1. The summed E-state index contributed by atoms with van der Waals surface area (Å²) in [4.78, 5) is 0. The lowest BCUT2D eigenvalue weighted by atomic mass is 9.92. The predicted octanol–water partition coefficient (Wildman–Crippen LogP) is 17.6. The lowest BCUT2D eigenvalue weighted by Gasteiger charge is -2.13. The van der Waals surface area contributed by atoms with Gasteiger partial charge in [-0.25, -0.2) is 0 Å². The van der Waals surface area contributed by atoms with E-state index >= 15 is 0 Å². The first-order valence-corrected chi connectivity index (χ1v) is 22.4. The Morgan fingerprint density at radius 2 is 0.760 bits per heavy atom. The smallest absolute Gasteiger partial charge is 0.0542 e. The largest absolute Gasteiger partial charge is 0.134 e. The molecule has 2 unspecified atom stereocenters. The van der Waals surface area contributed by atoms with E-state index in [2.05, 4.69) is 88.4 Å². The lowest BCUT2D eigenvalue weighted by Crippen LogP contribution is -1.94. The van der Waals surface area contributed by atoms with Crippen LogP contribution < -0.4 is 0 Å². The summed E-state index contributed by atoms with van der Waals surface area (Å²) in [5.74, 6) is 1.25. The van der Waals surface area contributed by atoms with Crippen LogP contribution in [0.2, 0.25) is 0 Å². The summed E-state index contributed by atoms with van der Waals surface area (Å²) in [5, 5.41) is 8.44. The van der Waals surface area contributed by atoms with Crippen molar-refractivity contribution in [3.05, 3.63) is 71.8 Å². The van der Waals surface area contributed by atoms with Crippen LogP contribution in [0.1, 0.15) is 179 Å². The standard InChI is InChI=1S/C48H64S2/c1-5-7-9-11-13-15-17-19-21-23-35(3)37-25-27-39-31-43-45(33-41(39)29-37)49-48-44-32-40-28-26-38(30-42(40)34-46(44)50-47(43)48)36(4)24-22-20-18-16-14-12-10-8-6-2/h25-36H,5-24H2,1-4H3. The fourth-order valence-corrected chi connectivity index (χ4v) is 10.9. The van der Waals surface area contributed by atoms with Crippen molar-refractivity contribution in [2.24, 2.45) is 0 Å². The average molecular weight is 705 g/mol. The fraction of sp³-hybridized carbons (Fsp3) is 0.542. The second kappa shape index (κ2) is 18.9. The molecule has 0 fully saturated rings. The first kappa shape index (κ1) is 37.3. The van der Waals surface area contributed by atoms with Crippen LogP contribution in [0.4, 0.5) is 0 Å². The fourth-order valence-electron chi connectivity index (χ4n) is 8.25. The molecule has 0 aliphatic heterocycles. The minimum absolute atomic E-state index is 0.627. The van der Waals surface area contributed by atoms with E-state index in [0.29, 0.717) is 11.8 Å². The molecule has 0 nitrogen and oxygen atoms in total. The first-order chi connectivity index (χ1) is 24.6. The van der Waals surface area contributed by atoms with Crippen molar-refractivity contribution >= 4 is 73.8 Å². The van der Waals surface area contributed by atoms with Gasteiger partial charge in [0.25, 0.3) is 0 Å². The van der Waals surface area contributed by atoms with Crippen molar-refractivity contribution in [2.75, 3.05) is 0 Å². The normalized spacial score (nSPS) is 13.4. The van der Waals surface area contributed by atoms with Crippen LogP contribution in [0, 0.1) is 0 Å². The lowest BCUT2D eigenvalue weighted by molar-refractivity contribution is 0.539. The summed E-state index contributed by atoms with van der Waals surface area (Å²) in [6.45, 7) is 9.47. The van der Waals surface area contributed by atoms with Crippen molar-refractivity contribution in [1.29, 1.82) is 0 Å². The number of fused-ring (bicyclic) bond motifs is 7. The van der Waals surface area contributed by atoms with Gasteiger partial charge in [0.1, 0.15) is 0 Å². The highest BCUT2D eigenvalue weighted by atomic mass is 32.1. The van der Waals surface area contributed by atoms with Crippen LogP contribution in [0.15, 0.2) is 60.7 Å². The van der Waals surface area contributed by atoms with E-state index in [-0.39, 0.29) is 0 Å². The second-order valence-electron chi connectivity index (χ2n) is 15.8. The number of rotatable bonds is 22. The summed E-state index contributed by atoms with van der Waals surface area (Å²) in [6, 6.07) is 24.5. The minimum atomic E-state index is 0.627. The van der Waals surface area contributed by atoms with E-state index in [1.807, 2.05) is 22.7 Å². The third-order valence-corrected chi connectivity index (χ3v) is 14.2. The quantitative estimate of drug-likeness (QED) is 0.0617. The maximum atomic E-state index is 2.49. The van der Waals surface area contributed by atoms with Gasteiger partial charge >= 0.3 is 0 Å². The van der Waals surface area contributed by atoms with Crippen molar-refractivity contribution < 1.29 is 0 Å². The zero-order valence-corrected chi connectivity index (χ0v) is 33.5. The molecule has 0 saturated carbocycles. The average Bonchev–Trinajstić information content (AvgIpc) is 3.65. The van der Waals surface area contributed by atoms with Crippen LogP contribution in [-0.2, 0) is 0 Å². The van der Waals surface area contributed by atoms with Gasteiger partial charge in [0.15, 0.2) is 0 Å². The zero-order valence-electron chi connectivity index (χ0n) is 31.9. The molecule has 4 aromatic carbocycles. The van der Waals surface area contributed by atoms with E-state index < -0.39 is 0 Å². The molecule has 0 spiro atoms. The highest BCUT2D eigenvalue weighted by molar-refractivity contribution is 7.36. The molecule has 0 aliphatic rings. The van der Waals surface area contributed by atoms with Gasteiger partial charge in [-0.3, -0.25) is 0 Å². The van der Waals surface area contributed by atoms with E-state index in [0.717, 1.165) is 0 Å². The third kappa shape index (κ3) is 9.51. The summed E-state index contributed by atoms with van der Waals surface area (Å²) in [6.07, 6.45) is 27.9.